The van der Waals surface area contributed by atoms with Crippen molar-refractivity contribution in [3.05, 3.63) is 78.9 Å². The quantitative estimate of drug-likeness (QED) is 0.351. The maximum Gasteiger partial charge on any atom is 0.234 e. The number of aromatic amines is 1. The van der Waals surface area contributed by atoms with E-state index in [1.165, 1.54) is 11.8 Å². The van der Waals surface area contributed by atoms with Gasteiger partial charge in [-0.1, -0.05) is 72.4 Å². The number of H-pyrrole nitrogens is 1. The van der Waals surface area contributed by atoms with Crippen LogP contribution in [0.3, 0.4) is 0 Å². The van der Waals surface area contributed by atoms with Crippen molar-refractivity contribution in [1.29, 1.82) is 0 Å². The van der Waals surface area contributed by atoms with Crippen molar-refractivity contribution in [2.45, 2.75) is 5.16 Å². The minimum atomic E-state index is -0.166. The fraction of sp³-hybridized carbons (Fsp3) is 0.120. The Labute approximate surface area is 191 Å². The largest absolute Gasteiger partial charge is 0.497 e. The van der Waals surface area contributed by atoms with Crippen LogP contribution in [0.5, 0.6) is 11.5 Å². The zero-order valence-corrected chi connectivity index (χ0v) is 18.6. The number of imidazole rings is 1. The summed E-state index contributed by atoms with van der Waals surface area (Å²) in [5.74, 6) is 1.23. The first-order valence-electron chi connectivity index (χ1n) is 10.0. The lowest BCUT2D eigenvalue weighted by Gasteiger charge is -2.11. The van der Waals surface area contributed by atoms with Crippen molar-refractivity contribution in [3.8, 4) is 34.0 Å². The lowest BCUT2D eigenvalue weighted by atomic mass is 10.1. The van der Waals surface area contributed by atoms with E-state index in [1.54, 1.807) is 32.4 Å². The topological polar surface area (TPSA) is 76.2 Å². The summed E-state index contributed by atoms with van der Waals surface area (Å²) in [5.41, 5.74) is 4.39. The molecule has 0 unspecified atom stereocenters. The van der Waals surface area contributed by atoms with Gasteiger partial charge in [-0.05, 0) is 12.1 Å². The van der Waals surface area contributed by atoms with Crippen molar-refractivity contribution in [2.75, 3.05) is 25.3 Å². The number of anilines is 1. The van der Waals surface area contributed by atoms with Gasteiger partial charge in [0.2, 0.25) is 5.91 Å². The lowest BCUT2D eigenvalue weighted by molar-refractivity contribution is -0.113. The van der Waals surface area contributed by atoms with Crippen molar-refractivity contribution >= 4 is 23.4 Å². The molecule has 1 amide bonds. The Morgan fingerprint density at radius 2 is 1.62 bits per heavy atom. The van der Waals surface area contributed by atoms with Gasteiger partial charge in [-0.25, -0.2) is 4.98 Å². The first-order chi connectivity index (χ1) is 15.7. The van der Waals surface area contributed by atoms with E-state index in [2.05, 4.69) is 10.3 Å². The molecule has 0 saturated heterocycles. The Bertz CT molecular complexity index is 1140. The highest BCUT2D eigenvalue weighted by Crippen LogP contribution is 2.33. The number of carbonyl (C=O) groups excluding carboxylic acids is 1. The van der Waals surface area contributed by atoms with Gasteiger partial charge in [0, 0.05) is 17.2 Å². The van der Waals surface area contributed by atoms with Crippen LogP contribution in [-0.2, 0) is 4.79 Å². The molecule has 0 aliphatic rings. The Morgan fingerprint density at radius 3 is 2.28 bits per heavy atom. The number of aromatic nitrogens is 2. The molecule has 1 aromatic heterocycles. The molecule has 0 atom stereocenters. The van der Waals surface area contributed by atoms with E-state index in [0.29, 0.717) is 22.3 Å². The summed E-state index contributed by atoms with van der Waals surface area (Å²) < 4.78 is 10.6. The zero-order valence-electron chi connectivity index (χ0n) is 17.8. The number of rotatable bonds is 8. The van der Waals surface area contributed by atoms with Crippen molar-refractivity contribution in [2.24, 2.45) is 0 Å². The number of carbonyl (C=O) groups is 1. The Morgan fingerprint density at radius 1 is 0.938 bits per heavy atom. The fourth-order valence-corrected chi connectivity index (χ4v) is 3.94. The van der Waals surface area contributed by atoms with Crippen LogP contribution in [0.4, 0.5) is 5.69 Å². The SMILES string of the molecule is COc1ccc(OC)c(NC(=O)CSc2nc(-c3ccccc3)c(-c3ccccc3)[nH]2)c1. The molecule has 32 heavy (non-hydrogen) atoms. The van der Waals surface area contributed by atoms with Crippen LogP contribution in [0.25, 0.3) is 22.5 Å². The van der Waals surface area contributed by atoms with Gasteiger partial charge in [-0.3, -0.25) is 4.79 Å². The minimum absolute atomic E-state index is 0.166. The third kappa shape index (κ3) is 4.95. The monoisotopic (exact) mass is 445 g/mol. The molecule has 162 valence electrons. The van der Waals surface area contributed by atoms with Gasteiger partial charge in [0.15, 0.2) is 5.16 Å². The van der Waals surface area contributed by atoms with E-state index in [4.69, 9.17) is 14.5 Å². The first-order valence-corrected chi connectivity index (χ1v) is 11.0. The molecule has 0 aliphatic heterocycles. The molecule has 4 aromatic rings. The number of ether oxygens (including phenoxy) is 2. The Balaban J connectivity index is 1.53. The number of nitrogens with one attached hydrogen (secondary N) is 2. The fourth-order valence-electron chi connectivity index (χ4n) is 3.27. The molecule has 0 saturated carbocycles. The average molecular weight is 446 g/mol. The number of thioether (sulfide) groups is 1. The van der Waals surface area contributed by atoms with Crippen molar-refractivity contribution < 1.29 is 14.3 Å². The third-order valence-corrected chi connectivity index (χ3v) is 5.69. The number of hydrogen-bond donors (Lipinski definition) is 2. The van der Waals surface area contributed by atoms with Crippen LogP contribution in [0.15, 0.2) is 84.0 Å². The van der Waals surface area contributed by atoms with Crippen molar-refractivity contribution in [1.82, 2.24) is 9.97 Å². The van der Waals surface area contributed by atoms with Crippen molar-refractivity contribution in [3.63, 3.8) is 0 Å². The highest BCUT2D eigenvalue weighted by molar-refractivity contribution is 7.99. The maximum absolute atomic E-state index is 12.6. The maximum atomic E-state index is 12.6. The predicted octanol–water partition coefficient (Wildman–Crippen LogP) is 5.49. The number of hydrogen-bond acceptors (Lipinski definition) is 5. The number of benzene rings is 3. The van der Waals surface area contributed by atoms with Crippen LogP contribution < -0.4 is 14.8 Å². The van der Waals surface area contributed by atoms with Gasteiger partial charge >= 0.3 is 0 Å². The molecule has 7 heteroatoms. The second kappa shape index (κ2) is 10.1. The van der Waals surface area contributed by atoms with E-state index < -0.39 is 0 Å². The summed E-state index contributed by atoms with van der Waals surface area (Å²) >= 11 is 1.34. The van der Waals surface area contributed by atoms with E-state index in [-0.39, 0.29) is 11.7 Å². The van der Waals surface area contributed by atoms with Crippen LogP contribution in [0, 0.1) is 0 Å². The summed E-state index contributed by atoms with van der Waals surface area (Å²) in [6.45, 7) is 0. The highest BCUT2D eigenvalue weighted by Gasteiger charge is 2.16. The lowest BCUT2D eigenvalue weighted by Crippen LogP contribution is -2.15. The van der Waals surface area contributed by atoms with E-state index in [0.717, 1.165) is 22.5 Å². The summed E-state index contributed by atoms with van der Waals surface area (Å²) in [4.78, 5) is 20.8. The molecule has 0 fully saturated rings. The standard InChI is InChI=1S/C25H23N3O3S/c1-30-19-13-14-21(31-2)20(15-19)26-22(29)16-32-25-27-23(17-9-5-3-6-10-17)24(28-25)18-11-7-4-8-12-18/h3-15H,16H2,1-2H3,(H,26,29)(H,27,28). The second-order valence-electron chi connectivity index (χ2n) is 6.90. The Hall–Kier alpha value is -3.71. The third-order valence-electron chi connectivity index (χ3n) is 4.81. The molecular formula is C25H23N3O3S. The molecular weight excluding hydrogens is 422 g/mol. The molecule has 2 N–H and O–H groups in total. The van der Waals surface area contributed by atoms with Gasteiger partial charge in [0.1, 0.15) is 11.5 Å². The first kappa shape index (κ1) is 21.5. The smallest absolute Gasteiger partial charge is 0.234 e. The molecule has 3 aromatic carbocycles. The molecule has 1 heterocycles. The van der Waals surface area contributed by atoms with E-state index >= 15 is 0 Å². The molecule has 0 radical (unpaired) electrons. The van der Waals surface area contributed by atoms with E-state index in [1.807, 2.05) is 60.7 Å². The summed E-state index contributed by atoms with van der Waals surface area (Å²) in [6, 6.07) is 25.3. The predicted molar refractivity (Wildman–Crippen MR) is 128 cm³/mol. The van der Waals surface area contributed by atoms with E-state index in [9.17, 15) is 4.79 Å². The van der Waals surface area contributed by atoms with Crippen LogP contribution in [-0.4, -0.2) is 35.8 Å². The molecule has 0 bridgehead atoms. The van der Waals surface area contributed by atoms with Crippen LogP contribution in [0.1, 0.15) is 0 Å². The zero-order chi connectivity index (χ0) is 22.3. The Kier molecular flexibility index (Phi) is 6.77. The normalized spacial score (nSPS) is 10.6. The number of methoxy groups -OCH3 is 2. The van der Waals surface area contributed by atoms with Gasteiger partial charge < -0.3 is 19.8 Å². The number of nitrogens with zero attached hydrogens (tertiary/aromatic N) is 1. The summed E-state index contributed by atoms with van der Waals surface area (Å²) in [5, 5.41) is 3.56. The average Bonchev–Trinajstić information content (AvgIpc) is 3.28. The van der Waals surface area contributed by atoms with Crippen LogP contribution >= 0.6 is 11.8 Å². The highest BCUT2D eigenvalue weighted by atomic mass is 32.2. The van der Waals surface area contributed by atoms with Crippen LogP contribution in [0.2, 0.25) is 0 Å². The van der Waals surface area contributed by atoms with Gasteiger partial charge in [-0.2, -0.15) is 0 Å². The number of amides is 1. The molecule has 4 rings (SSSR count). The summed E-state index contributed by atoms with van der Waals surface area (Å²) in [6.07, 6.45) is 0. The minimum Gasteiger partial charge on any atom is -0.497 e. The molecule has 0 spiro atoms. The van der Waals surface area contributed by atoms with Gasteiger partial charge in [0.05, 0.1) is 37.0 Å². The molecule has 0 aliphatic carbocycles. The van der Waals surface area contributed by atoms with Gasteiger partial charge in [0.25, 0.3) is 0 Å². The summed E-state index contributed by atoms with van der Waals surface area (Å²) in [7, 11) is 3.14. The molecule has 6 nitrogen and oxygen atoms in total. The van der Waals surface area contributed by atoms with Gasteiger partial charge in [-0.15, -0.1) is 0 Å². The second-order valence-corrected chi connectivity index (χ2v) is 7.86.